The number of para-hydroxylation sites is 1. The normalized spacial score (nSPS) is 11.6. The van der Waals surface area contributed by atoms with Crippen LogP contribution in [0.5, 0.6) is 0 Å². The molecule has 1 N–H and O–H groups in total. The molecule has 20 heavy (non-hydrogen) atoms. The summed E-state index contributed by atoms with van der Waals surface area (Å²) in [5, 5.41) is 3.56. The van der Waals surface area contributed by atoms with Gasteiger partial charge in [0.2, 0.25) is 0 Å². The van der Waals surface area contributed by atoms with Crippen LogP contribution in [0.25, 0.3) is 0 Å². The van der Waals surface area contributed by atoms with Gasteiger partial charge in [-0.05, 0) is 36.9 Å². The molecule has 1 aromatic carbocycles. The molecule has 114 valence electrons. The minimum absolute atomic E-state index is 0.290. The molecular weight excluding hydrogens is 244 g/mol. The molecule has 0 heterocycles. The molecule has 0 saturated heterocycles. The Hall–Kier alpha value is -1.02. The highest BCUT2D eigenvalue weighted by molar-refractivity contribution is 5.46. The first-order valence-corrected chi connectivity index (χ1v) is 8.10. The highest BCUT2D eigenvalue weighted by Gasteiger charge is 2.21. The van der Waals surface area contributed by atoms with Gasteiger partial charge in [-0.2, -0.15) is 0 Å². The van der Waals surface area contributed by atoms with Crippen LogP contribution in [0.2, 0.25) is 0 Å². The molecule has 1 aromatic rings. The van der Waals surface area contributed by atoms with Crippen LogP contribution in [0.1, 0.15) is 47.0 Å². The SMILES string of the molecule is CCCCN(CC(C)(C)CNCCC)c1ccccc1. The zero-order valence-electron chi connectivity index (χ0n) is 13.8. The largest absolute Gasteiger partial charge is 0.371 e. The van der Waals surface area contributed by atoms with Crippen LogP contribution in [-0.2, 0) is 0 Å². The molecule has 0 radical (unpaired) electrons. The summed E-state index contributed by atoms with van der Waals surface area (Å²) >= 11 is 0. The van der Waals surface area contributed by atoms with Crippen LogP contribution in [0.4, 0.5) is 5.69 Å². The Labute approximate surface area is 125 Å². The number of nitrogens with zero attached hydrogens (tertiary/aromatic N) is 1. The van der Waals surface area contributed by atoms with E-state index in [1.807, 2.05) is 0 Å². The Kier molecular flexibility index (Phi) is 7.68. The second-order valence-electron chi connectivity index (χ2n) is 6.45. The van der Waals surface area contributed by atoms with Crippen LogP contribution >= 0.6 is 0 Å². The van der Waals surface area contributed by atoms with Crippen molar-refractivity contribution >= 4 is 5.69 Å². The quantitative estimate of drug-likeness (QED) is 0.640. The minimum atomic E-state index is 0.290. The van der Waals surface area contributed by atoms with Gasteiger partial charge in [0, 0.05) is 25.3 Å². The molecule has 2 nitrogen and oxygen atoms in total. The maximum Gasteiger partial charge on any atom is 0.0366 e. The Balaban J connectivity index is 2.64. The lowest BCUT2D eigenvalue weighted by atomic mass is 9.92. The molecule has 0 fully saturated rings. The summed E-state index contributed by atoms with van der Waals surface area (Å²) in [6.45, 7) is 13.6. The van der Waals surface area contributed by atoms with Gasteiger partial charge in [0.1, 0.15) is 0 Å². The lowest BCUT2D eigenvalue weighted by molar-refractivity contribution is 0.341. The summed E-state index contributed by atoms with van der Waals surface area (Å²) in [6.07, 6.45) is 3.71. The van der Waals surface area contributed by atoms with E-state index in [1.165, 1.54) is 24.9 Å². The molecule has 0 atom stereocenters. The first kappa shape index (κ1) is 17.0. The molecule has 0 aromatic heterocycles. The Morgan fingerprint density at radius 1 is 1.05 bits per heavy atom. The fourth-order valence-electron chi connectivity index (χ4n) is 2.46. The molecule has 0 aliphatic carbocycles. The zero-order chi connectivity index (χ0) is 14.8. The van der Waals surface area contributed by atoms with Gasteiger partial charge in [-0.25, -0.2) is 0 Å². The number of unbranched alkanes of at least 4 members (excludes halogenated alkanes) is 1. The third-order valence-electron chi connectivity index (χ3n) is 3.55. The third kappa shape index (κ3) is 6.42. The van der Waals surface area contributed by atoms with Crippen LogP contribution < -0.4 is 10.2 Å². The first-order valence-electron chi connectivity index (χ1n) is 8.10. The average molecular weight is 276 g/mol. The Morgan fingerprint density at radius 2 is 1.75 bits per heavy atom. The van der Waals surface area contributed by atoms with Gasteiger partial charge >= 0.3 is 0 Å². The van der Waals surface area contributed by atoms with Crippen molar-refractivity contribution in [3.05, 3.63) is 30.3 Å². The number of anilines is 1. The van der Waals surface area contributed by atoms with Gasteiger partial charge in [-0.15, -0.1) is 0 Å². The fraction of sp³-hybridized carbons (Fsp3) is 0.667. The van der Waals surface area contributed by atoms with E-state index in [2.05, 4.69) is 68.2 Å². The Morgan fingerprint density at radius 3 is 2.35 bits per heavy atom. The zero-order valence-corrected chi connectivity index (χ0v) is 13.8. The van der Waals surface area contributed by atoms with E-state index in [0.29, 0.717) is 5.41 Å². The molecule has 0 aliphatic heterocycles. The van der Waals surface area contributed by atoms with Crippen LogP contribution in [-0.4, -0.2) is 26.2 Å². The second kappa shape index (κ2) is 9.02. The first-order chi connectivity index (χ1) is 9.59. The molecular formula is C18H32N2. The van der Waals surface area contributed by atoms with E-state index in [0.717, 1.165) is 26.2 Å². The molecule has 0 spiro atoms. The summed E-state index contributed by atoms with van der Waals surface area (Å²) in [5.41, 5.74) is 1.64. The summed E-state index contributed by atoms with van der Waals surface area (Å²) < 4.78 is 0. The highest BCUT2D eigenvalue weighted by atomic mass is 15.1. The molecule has 0 saturated carbocycles. The predicted octanol–water partition coefficient (Wildman–Crippen LogP) is 4.32. The van der Waals surface area contributed by atoms with Crippen molar-refractivity contribution in [3.63, 3.8) is 0 Å². The van der Waals surface area contributed by atoms with Crippen molar-refractivity contribution in [2.24, 2.45) is 5.41 Å². The smallest absolute Gasteiger partial charge is 0.0366 e. The van der Waals surface area contributed by atoms with Crippen molar-refractivity contribution < 1.29 is 0 Å². The average Bonchev–Trinajstić information content (AvgIpc) is 2.44. The number of rotatable bonds is 10. The Bertz CT molecular complexity index is 346. The van der Waals surface area contributed by atoms with Gasteiger partial charge in [0.15, 0.2) is 0 Å². The van der Waals surface area contributed by atoms with E-state index in [1.54, 1.807) is 0 Å². The summed E-state index contributed by atoms with van der Waals surface area (Å²) in [4.78, 5) is 2.54. The summed E-state index contributed by atoms with van der Waals surface area (Å²) in [5.74, 6) is 0. The van der Waals surface area contributed by atoms with Gasteiger partial charge < -0.3 is 10.2 Å². The van der Waals surface area contributed by atoms with Gasteiger partial charge in [0.25, 0.3) is 0 Å². The molecule has 1 rings (SSSR count). The minimum Gasteiger partial charge on any atom is -0.371 e. The van der Waals surface area contributed by atoms with Crippen molar-refractivity contribution in [2.45, 2.75) is 47.0 Å². The number of benzene rings is 1. The molecule has 0 bridgehead atoms. The van der Waals surface area contributed by atoms with Crippen molar-refractivity contribution in [2.75, 3.05) is 31.1 Å². The van der Waals surface area contributed by atoms with Crippen LogP contribution in [0.3, 0.4) is 0 Å². The maximum atomic E-state index is 3.56. The third-order valence-corrected chi connectivity index (χ3v) is 3.55. The second-order valence-corrected chi connectivity index (χ2v) is 6.45. The van der Waals surface area contributed by atoms with Gasteiger partial charge in [0.05, 0.1) is 0 Å². The van der Waals surface area contributed by atoms with E-state index < -0.39 is 0 Å². The number of hydrogen-bond acceptors (Lipinski definition) is 2. The lowest BCUT2D eigenvalue weighted by Crippen LogP contribution is -2.41. The molecule has 2 heteroatoms. The predicted molar refractivity (Wildman–Crippen MR) is 90.5 cm³/mol. The molecule has 0 amide bonds. The monoisotopic (exact) mass is 276 g/mol. The standard InChI is InChI=1S/C18H32N2/c1-5-7-14-20(17-11-9-8-10-12-17)16-18(3,4)15-19-13-6-2/h8-12,19H,5-7,13-16H2,1-4H3. The highest BCUT2D eigenvalue weighted by Crippen LogP contribution is 2.22. The van der Waals surface area contributed by atoms with Gasteiger partial charge in [-0.3, -0.25) is 0 Å². The summed E-state index contributed by atoms with van der Waals surface area (Å²) in [7, 11) is 0. The topological polar surface area (TPSA) is 15.3 Å². The number of nitrogens with one attached hydrogen (secondary N) is 1. The molecule has 0 unspecified atom stereocenters. The van der Waals surface area contributed by atoms with Gasteiger partial charge in [-0.1, -0.05) is 52.3 Å². The maximum absolute atomic E-state index is 3.56. The molecule has 0 aliphatic rings. The van der Waals surface area contributed by atoms with Crippen LogP contribution in [0, 0.1) is 5.41 Å². The van der Waals surface area contributed by atoms with Crippen molar-refractivity contribution in [3.8, 4) is 0 Å². The lowest BCUT2D eigenvalue weighted by Gasteiger charge is -2.34. The van der Waals surface area contributed by atoms with E-state index in [9.17, 15) is 0 Å². The van der Waals surface area contributed by atoms with E-state index >= 15 is 0 Å². The van der Waals surface area contributed by atoms with E-state index in [-0.39, 0.29) is 0 Å². The van der Waals surface area contributed by atoms with Crippen molar-refractivity contribution in [1.29, 1.82) is 0 Å². The van der Waals surface area contributed by atoms with E-state index in [4.69, 9.17) is 0 Å². The fourth-order valence-corrected chi connectivity index (χ4v) is 2.46. The van der Waals surface area contributed by atoms with Crippen LogP contribution in [0.15, 0.2) is 30.3 Å². The number of hydrogen-bond donors (Lipinski definition) is 1. The van der Waals surface area contributed by atoms with Crippen molar-refractivity contribution in [1.82, 2.24) is 5.32 Å². The summed E-state index contributed by atoms with van der Waals surface area (Å²) in [6, 6.07) is 10.8.